The van der Waals surface area contributed by atoms with Crippen LogP contribution in [0.2, 0.25) is 0 Å². The molecule has 1 heteroatoms. The van der Waals surface area contributed by atoms with Crippen LogP contribution < -0.4 is 5.32 Å². The Morgan fingerprint density at radius 3 is 2.27 bits per heavy atom. The first-order chi connectivity index (χ1) is 7.25. The normalized spacial score (nSPS) is 25.0. The van der Waals surface area contributed by atoms with Crippen molar-refractivity contribution in [1.82, 2.24) is 5.32 Å². The molecule has 1 unspecified atom stereocenters. The summed E-state index contributed by atoms with van der Waals surface area (Å²) >= 11 is 0. The molecule has 0 aliphatic heterocycles. The van der Waals surface area contributed by atoms with Gasteiger partial charge < -0.3 is 5.32 Å². The van der Waals surface area contributed by atoms with Crippen LogP contribution in [-0.2, 0) is 0 Å². The summed E-state index contributed by atoms with van der Waals surface area (Å²) < 4.78 is 0. The van der Waals surface area contributed by atoms with Crippen LogP contribution in [0.4, 0.5) is 0 Å². The van der Waals surface area contributed by atoms with Gasteiger partial charge in [-0.3, -0.25) is 0 Å². The fraction of sp³-hybridized carbons (Fsp3) is 1.00. The van der Waals surface area contributed by atoms with Crippen molar-refractivity contribution in [1.29, 1.82) is 0 Å². The fourth-order valence-corrected chi connectivity index (χ4v) is 2.87. The SMILES string of the molecule is CC(C)C(CNC1CC1)CC1CCCC1. The van der Waals surface area contributed by atoms with E-state index in [4.69, 9.17) is 0 Å². The Morgan fingerprint density at radius 2 is 1.73 bits per heavy atom. The first kappa shape index (κ1) is 11.4. The van der Waals surface area contributed by atoms with E-state index in [-0.39, 0.29) is 0 Å². The maximum Gasteiger partial charge on any atom is 0.00683 e. The van der Waals surface area contributed by atoms with Crippen molar-refractivity contribution in [2.45, 2.75) is 64.8 Å². The lowest BCUT2D eigenvalue weighted by molar-refractivity contribution is 0.286. The molecule has 0 aromatic rings. The Balaban J connectivity index is 1.70. The molecular formula is C14H27N. The molecule has 0 heterocycles. The van der Waals surface area contributed by atoms with Crippen LogP contribution in [-0.4, -0.2) is 12.6 Å². The van der Waals surface area contributed by atoms with Crippen LogP contribution in [0.15, 0.2) is 0 Å². The lowest BCUT2D eigenvalue weighted by Crippen LogP contribution is -2.29. The van der Waals surface area contributed by atoms with Gasteiger partial charge in [-0.25, -0.2) is 0 Å². The Kier molecular flexibility index (Phi) is 4.07. The van der Waals surface area contributed by atoms with Gasteiger partial charge in [0, 0.05) is 6.04 Å². The van der Waals surface area contributed by atoms with Crippen molar-refractivity contribution >= 4 is 0 Å². The van der Waals surface area contributed by atoms with Gasteiger partial charge in [0.2, 0.25) is 0 Å². The first-order valence-corrected chi connectivity index (χ1v) is 6.99. The van der Waals surface area contributed by atoms with Gasteiger partial charge in [-0.1, -0.05) is 39.5 Å². The number of hydrogen-bond donors (Lipinski definition) is 1. The standard InChI is InChI=1S/C14H27N/c1-11(2)13(10-15-14-7-8-14)9-12-5-3-4-6-12/h11-15H,3-10H2,1-2H3. The lowest BCUT2D eigenvalue weighted by Gasteiger charge is -2.24. The van der Waals surface area contributed by atoms with Gasteiger partial charge in [0.1, 0.15) is 0 Å². The topological polar surface area (TPSA) is 12.0 Å². The van der Waals surface area contributed by atoms with Crippen molar-refractivity contribution in [2.24, 2.45) is 17.8 Å². The minimum atomic E-state index is 0.858. The second-order valence-corrected chi connectivity index (χ2v) is 6.07. The van der Waals surface area contributed by atoms with E-state index in [2.05, 4.69) is 19.2 Å². The molecule has 2 aliphatic rings. The monoisotopic (exact) mass is 209 g/mol. The molecule has 2 fully saturated rings. The highest BCUT2D eigenvalue weighted by molar-refractivity contribution is 4.83. The summed E-state index contributed by atoms with van der Waals surface area (Å²) in [5.74, 6) is 2.84. The molecule has 0 amide bonds. The molecule has 0 aromatic carbocycles. The zero-order valence-electron chi connectivity index (χ0n) is 10.5. The summed E-state index contributed by atoms with van der Waals surface area (Å²) in [4.78, 5) is 0. The average Bonchev–Trinajstić information content (AvgIpc) is 2.89. The largest absolute Gasteiger partial charge is 0.314 e. The van der Waals surface area contributed by atoms with E-state index in [9.17, 15) is 0 Å². The minimum absolute atomic E-state index is 0.858. The van der Waals surface area contributed by atoms with E-state index in [1.54, 1.807) is 0 Å². The molecule has 0 saturated heterocycles. The lowest BCUT2D eigenvalue weighted by atomic mass is 9.85. The molecule has 0 radical (unpaired) electrons. The predicted molar refractivity (Wildman–Crippen MR) is 65.9 cm³/mol. The van der Waals surface area contributed by atoms with E-state index < -0.39 is 0 Å². The molecular weight excluding hydrogens is 182 g/mol. The van der Waals surface area contributed by atoms with Gasteiger partial charge in [-0.2, -0.15) is 0 Å². The summed E-state index contributed by atoms with van der Waals surface area (Å²) in [5, 5.41) is 3.71. The molecule has 2 saturated carbocycles. The second-order valence-electron chi connectivity index (χ2n) is 6.07. The number of rotatable bonds is 6. The van der Waals surface area contributed by atoms with Crippen LogP contribution in [0, 0.1) is 17.8 Å². The van der Waals surface area contributed by atoms with Crippen LogP contribution in [0.1, 0.15) is 58.8 Å². The highest BCUT2D eigenvalue weighted by atomic mass is 14.9. The van der Waals surface area contributed by atoms with E-state index in [1.165, 1.54) is 51.5 Å². The van der Waals surface area contributed by atoms with E-state index >= 15 is 0 Å². The Morgan fingerprint density at radius 1 is 1.07 bits per heavy atom. The summed E-state index contributed by atoms with van der Waals surface area (Å²) in [7, 11) is 0. The molecule has 0 aromatic heterocycles. The zero-order valence-corrected chi connectivity index (χ0v) is 10.5. The van der Waals surface area contributed by atoms with Crippen LogP contribution in [0.5, 0.6) is 0 Å². The van der Waals surface area contributed by atoms with Crippen molar-refractivity contribution in [2.75, 3.05) is 6.54 Å². The molecule has 1 atom stereocenters. The smallest absolute Gasteiger partial charge is 0.00683 e. The molecule has 1 N–H and O–H groups in total. The van der Waals surface area contributed by atoms with Crippen LogP contribution in [0.25, 0.3) is 0 Å². The van der Waals surface area contributed by atoms with Crippen LogP contribution in [0.3, 0.4) is 0 Å². The highest BCUT2D eigenvalue weighted by Crippen LogP contribution is 2.32. The summed E-state index contributed by atoms with van der Waals surface area (Å²) in [5.41, 5.74) is 0. The maximum absolute atomic E-state index is 3.71. The van der Waals surface area contributed by atoms with E-state index in [0.29, 0.717) is 0 Å². The van der Waals surface area contributed by atoms with Gasteiger partial charge >= 0.3 is 0 Å². The third kappa shape index (κ3) is 3.79. The number of nitrogens with one attached hydrogen (secondary N) is 1. The molecule has 0 bridgehead atoms. The van der Waals surface area contributed by atoms with Gasteiger partial charge in [0.25, 0.3) is 0 Å². The van der Waals surface area contributed by atoms with Gasteiger partial charge in [0.05, 0.1) is 0 Å². The number of hydrogen-bond acceptors (Lipinski definition) is 1. The molecule has 1 nitrogen and oxygen atoms in total. The molecule has 0 spiro atoms. The minimum Gasteiger partial charge on any atom is -0.314 e. The molecule has 88 valence electrons. The maximum atomic E-state index is 3.71. The Labute approximate surface area is 95.0 Å². The van der Waals surface area contributed by atoms with Crippen LogP contribution >= 0.6 is 0 Å². The molecule has 2 aliphatic carbocycles. The van der Waals surface area contributed by atoms with Gasteiger partial charge in [-0.05, 0) is 43.6 Å². The quantitative estimate of drug-likeness (QED) is 0.705. The third-order valence-corrected chi connectivity index (χ3v) is 4.30. The van der Waals surface area contributed by atoms with Crippen molar-refractivity contribution in [3.05, 3.63) is 0 Å². The first-order valence-electron chi connectivity index (χ1n) is 6.99. The van der Waals surface area contributed by atoms with Crippen molar-refractivity contribution in [3.63, 3.8) is 0 Å². The average molecular weight is 209 g/mol. The summed E-state index contributed by atoms with van der Waals surface area (Å²) in [6, 6.07) is 0.884. The zero-order chi connectivity index (χ0) is 10.7. The predicted octanol–water partition coefficient (Wildman–Crippen LogP) is 3.59. The summed E-state index contributed by atoms with van der Waals surface area (Å²) in [6.45, 7) is 6.07. The second kappa shape index (κ2) is 5.34. The van der Waals surface area contributed by atoms with Gasteiger partial charge in [0.15, 0.2) is 0 Å². The molecule has 15 heavy (non-hydrogen) atoms. The Hall–Kier alpha value is -0.0400. The van der Waals surface area contributed by atoms with E-state index in [1.807, 2.05) is 0 Å². The summed E-state index contributed by atoms with van der Waals surface area (Å²) in [6.07, 6.45) is 10.3. The molecule has 2 rings (SSSR count). The third-order valence-electron chi connectivity index (χ3n) is 4.30. The highest BCUT2D eigenvalue weighted by Gasteiger charge is 2.25. The van der Waals surface area contributed by atoms with Crippen molar-refractivity contribution in [3.8, 4) is 0 Å². The Bertz CT molecular complexity index is 178. The van der Waals surface area contributed by atoms with Gasteiger partial charge in [-0.15, -0.1) is 0 Å². The van der Waals surface area contributed by atoms with Crippen molar-refractivity contribution < 1.29 is 0 Å². The van der Waals surface area contributed by atoms with E-state index in [0.717, 1.165) is 23.8 Å². The fourth-order valence-electron chi connectivity index (χ4n) is 2.87.